The molecule has 4 aliphatic rings. The van der Waals surface area contributed by atoms with Crippen LogP contribution in [0, 0.1) is 11.8 Å². The van der Waals surface area contributed by atoms with Crippen molar-refractivity contribution in [2.45, 2.75) is 19.4 Å². The summed E-state index contributed by atoms with van der Waals surface area (Å²) < 4.78 is 15.0. The molecule has 0 aromatic carbocycles. The van der Waals surface area contributed by atoms with Crippen LogP contribution in [0.1, 0.15) is 13.8 Å². The second-order valence-corrected chi connectivity index (χ2v) is 5.58. The first kappa shape index (κ1) is 14.0. The van der Waals surface area contributed by atoms with E-state index >= 15 is 0 Å². The van der Waals surface area contributed by atoms with Gasteiger partial charge in [-0.25, -0.2) is 9.59 Å². The van der Waals surface area contributed by atoms with Crippen molar-refractivity contribution in [2.75, 3.05) is 20.8 Å². The fourth-order valence-corrected chi connectivity index (χ4v) is 3.56. The Morgan fingerprint density at radius 2 is 1.62 bits per heavy atom. The van der Waals surface area contributed by atoms with E-state index in [0.29, 0.717) is 0 Å². The summed E-state index contributed by atoms with van der Waals surface area (Å²) in [6, 6.07) is 0. The van der Waals surface area contributed by atoms with Gasteiger partial charge in [-0.15, -0.1) is 0 Å². The minimum absolute atomic E-state index is 0.101. The minimum Gasteiger partial charge on any atom is -0.466 e. The number of methoxy groups -OCH3 is 2. The van der Waals surface area contributed by atoms with Gasteiger partial charge in [-0.3, -0.25) is 4.79 Å². The molecule has 3 atom stereocenters. The van der Waals surface area contributed by atoms with E-state index in [1.165, 1.54) is 14.2 Å². The van der Waals surface area contributed by atoms with Crippen molar-refractivity contribution < 1.29 is 28.6 Å². The molecular weight excluding hydrogens is 276 g/mol. The van der Waals surface area contributed by atoms with Crippen molar-refractivity contribution in [3.8, 4) is 0 Å². The van der Waals surface area contributed by atoms with Crippen LogP contribution in [0.5, 0.6) is 0 Å². The summed E-state index contributed by atoms with van der Waals surface area (Å²) in [7, 11) is 2.48. The van der Waals surface area contributed by atoms with E-state index in [0.717, 1.165) is 11.1 Å². The third-order valence-corrected chi connectivity index (χ3v) is 4.77. The van der Waals surface area contributed by atoms with Gasteiger partial charge in [0.15, 0.2) is 11.4 Å². The van der Waals surface area contributed by atoms with Gasteiger partial charge >= 0.3 is 11.9 Å². The molecule has 2 bridgehead atoms. The molecule has 1 fully saturated rings. The molecular formula is C15H16O6. The second-order valence-electron chi connectivity index (χ2n) is 5.58. The van der Waals surface area contributed by atoms with E-state index in [9.17, 15) is 14.4 Å². The minimum atomic E-state index is -0.991. The number of Topliss-reactive ketones (excluding diaryl/α,β-unsaturated/α-hetero) is 1. The van der Waals surface area contributed by atoms with Gasteiger partial charge in [0.05, 0.1) is 43.8 Å². The summed E-state index contributed by atoms with van der Waals surface area (Å²) in [5.41, 5.74) is 0.998. The normalized spacial score (nSPS) is 33.6. The number of allylic oxidation sites excluding steroid dienone is 1. The number of hydrogen-bond donors (Lipinski definition) is 0. The Kier molecular flexibility index (Phi) is 2.85. The zero-order valence-electron chi connectivity index (χ0n) is 12.3. The van der Waals surface area contributed by atoms with Gasteiger partial charge in [0.25, 0.3) is 0 Å². The zero-order chi connectivity index (χ0) is 15.5. The molecule has 6 heteroatoms. The van der Waals surface area contributed by atoms with Crippen molar-refractivity contribution in [3.05, 3.63) is 22.3 Å². The maximum atomic E-state index is 12.7. The Bertz CT molecular complexity index is 635. The van der Waals surface area contributed by atoms with Crippen LogP contribution < -0.4 is 0 Å². The average Bonchev–Trinajstić information content (AvgIpc) is 3.26. The lowest BCUT2D eigenvalue weighted by Crippen LogP contribution is -2.52. The molecule has 0 radical (unpaired) electrons. The van der Waals surface area contributed by atoms with Crippen LogP contribution in [-0.2, 0) is 28.6 Å². The molecule has 0 aromatic heterocycles. The Balaban J connectivity index is 2.28. The first-order valence-electron chi connectivity index (χ1n) is 6.67. The number of ether oxygens (including phenoxy) is 3. The van der Waals surface area contributed by atoms with Gasteiger partial charge in [-0.1, -0.05) is 11.1 Å². The smallest absolute Gasteiger partial charge is 0.335 e. The van der Waals surface area contributed by atoms with Gasteiger partial charge in [0, 0.05) is 0 Å². The first-order chi connectivity index (χ1) is 9.90. The number of hydrogen-bond acceptors (Lipinski definition) is 6. The van der Waals surface area contributed by atoms with Crippen LogP contribution in [0.3, 0.4) is 0 Å². The standard InChI is InChI=1S/C15H16O6/c1-6-7(2)11-10(14(18)20-4)9(13(17)19-3)8(6)12(16)15(11)5-21-15/h8,11H,5H2,1-4H3/t8-,11+,15-/m0/s1. The van der Waals surface area contributed by atoms with Crippen LogP contribution >= 0.6 is 0 Å². The Labute approximate surface area is 121 Å². The molecule has 1 saturated heterocycles. The number of ketones is 1. The summed E-state index contributed by atoms with van der Waals surface area (Å²) in [6.07, 6.45) is 0. The maximum Gasteiger partial charge on any atom is 0.335 e. The summed E-state index contributed by atoms with van der Waals surface area (Å²) >= 11 is 0. The molecule has 0 aromatic rings. The molecule has 1 heterocycles. The third kappa shape index (κ3) is 1.53. The van der Waals surface area contributed by atoms with Gasteiger partial charge < -0.3 is 14.2 Å². The van der Waals surface area contributed by atoms with Crippen LogP contribution in [0.25, 0.3) is 0 Å². The molecule has 6 nitrogen and oxygen atoms in total. The molecule has 0 saturated carbocycles. The van der Waals surface area contributed by atoms with E-state index in [2.05, 4.69) is 0 Å². The van der Waals surface area contributed by atoms with Crippen molar-refractivity contribution in [2.24, 2.45) is 11.8 Å². The average molecular weight is 292 g/mol. The fourth-order valence-electron chi connectivity index (χ4n) is 3.56. The molecule has 1 aliphatic heterocycles. The summed E-state index contributed by atoms with van der Waals surface area (Å²) in [5, 5.41) is 0. The summed E-state index contributed by atoms with van der Waals surface area (Å²) in [4.78, 5) is 37.0. The van der Waals surface area contributed by atoms with Crippen LogP contribution in [-0.4, -0.2) is 44.1 Å². The molecule has 112 valence electrons. The third-order valence-electron chi connectivity index (χ3n) is 4.77. The SMILES string of the molecule is COC(=O)C1=C(C(=O)OC)[C@H]2C(C)=C(C)[C@@H]1C(=O)[C@]21CO1. The van der Waals surface area contributed by atoms with E-state index in [4.69, 9.17) is 14.2 Å². The zero-order valence-corrected chi connectivity index (χ0v) is 12.3. The van der Waals surface area contributed by atoms with Crippen LogP contribution in [0.2, 0.25) is 0 Å². The predicted octanol–water partition coefficient (Wildman–Crippen LogP) is 0.563. The van der Waals surface area contributed by atoms with E-state index < -0.39 is 29.4 Å². The summed E-state index contributed by atoms with van der Waals surface area (Å²) in [6.45, 7) is 3.93. The number of rotatable bonds is 2. The van der Waals surface area contributed by atoms with Gasteiger partial charge in [-0.05, 0) is 13.8 Å². The first-order valence-corrected chi connectivity index (χ1v) is 6.67. The fraction of sp³-hybridized carbons (Fsp3) is 0.533. The highest BCUT2D eigenvalue weighted by Gasteiger charge is 2.69. The molecule has 0 amide bonds. The molecule has 0 N–H and O–H groups in total. The molecule has 21 heavy (non-hydrogen) atoms. The van der Waals surface area contributed by atoms with E-state index in [1.54, 1.807) is 6.92 Å². The molecule has 4 rings (SSSR count). The highest BCUT2D eigenvalue weighted by molar-refractivity contribution is 6.14. The van der Waals surface area contributed by atoms with Crippen molar-refractivity contribution in [3.63, 3.8) is 0 Å². The van der Waals surface area contributed by atoms with Gasteiger partial charge in [-0.2, -0.15) is 0 Å². The van der Waals surface area contributed by atoms with Crippen molar-refractivity contribution in [1.82, 2.24) is 0 Å². The molecule has 1 spiro atoms. The quantitative estimate of drug-likeness (QED) is 0.420. The predicted molar refractivity (Wildman–Crippen MR) is 70.1 cm³/mol. The highest BCUT2D eigenvalue weighted by atomic mass is 16.6. The summed E-state index contributed by atoms with van der Waals surface area (Å²) in [5.74, 6) is -2.78. The molecule has 3 aliphatic carbocycles. The maximum absolute atomic E-state index is 12.7. The largest absolute Gasteiger partial charge is 0.466 e. The van der Waals surface area contributed by atoms with E-state index in [-0.39, 0.29) is 23.5 Å². The van der Waals surface area contributed by atoms with Crippen LogP contribution in [0.4, 0.5) is 0 Å². The Morgan fingerprint density at radius 1 is 1.10 bits per heavy atom. The Morgan fingerprint density at radius 3 is 2.10 bits per heavy atom. The molecule has 0 unspecified atom stereocenters. The van der Waals surface area contributed by atoms with Crippen LogP contribution in [0.15, 0.2) is 22.3 Å². The number of epoxide rings is 1. The lowest BCUT2D eigenvalue weighted by Gasteiger charge is -2.42. The number of esters is 2. The lowest BCUT2D eigenvalue weighted by atomic mass is 9.58. The van der Waals surface area contributed by atoms with Gasteiger partial charge in [0.2, 0.25) is 0 Å². The monoisotopic (exact) mass is 292 g/mol. The van der Waals surface area contributed by atoms with Crippen molar-refractivity contribution in [1.29, 1.82) is 0 Å². The number of carbonyl (C=O) groups excluding carboxylic acids is 3. The lowest BCUT2D eigenvalue weighted by molar-refractivity contribution is -0.143. The number of carbonyl (C=O) groups is 3. The van der Waals surface area contributed by atoms with Gasteiger partial charge in [0.1, 0.15) is 0 Å². The highest BCUT2D eigenvalue weighted by Crippen LogP contribution is 2.57. The van der Waals surface area contributed by atoms with Crippen molar-refractivity contribution >= 4 is 17.7 Å². The second kappa shape index (κ2) is 4.27. The Hall–Kier alpha value is -1.95. The van der Waals surface area contributed by atoms with E-state index in [1.807, 2.05) is 6.92 Å². The topological polar surface area (TPSA) is 82.2 Å².